The molecule has 0 aliphatic heterocycles. The summed E-state index contributed by atoms with van der Waals surface area (Å²) < 4.78 is 19.8. The van der Waals surface area contributed by atoms with Gasteiger partial charge in [0.05, 0.1) is 30.4 Å². The van der Waals surface area contributed by atoms with Gasteiger partial charge in [-0.05, 0) is 47.9 Å². The predicted octanol–water partition coefficient (Wildman–Crippen LogP) is 4.33. The number of nitrogen functional groups attached to an aromatic ring is 2. The lowest BCUT2D eigenvalue weighted by Gasteiger charge is -2.14. The van der Waals surface area contributed by atoms with E-state index in [9.17, 15) is 9.18 Å². The molecule has 4 rings (SSSR count). The van der Waals surface area contributed by atoms with Crippen LogP contribution in [0.25, 0.3) is 22.4 Å². The monoisotopic (exact) mass is 458 g/mol. The first kappa shape index (κ1) is 22.7. The van der Waals surface area contributed by atoms with Gasteiger partial charge in [0.25, 0.3) is 5.91 Å². The summed E-state index contributed by atoms with van der Waals surface area (Å²) in [5.41, 5.74) is 15.3. The molecule has 1 aromatic carbocycles. The van der Waals surface area contributed by atoms with Gasteiger partial charge in [-0.15, -0.1) is 0 Å². The Bertz CT molecular complexity index is 1380. The number of ether oxygens (including phenoxy) is 1. The van der Waals surface area contributed by atoms with Crippen molar-refractivity contribution in [3.63, 3.8) is 0 Å². The zero-order valence-electron chi connectivity index (χ0n) is 18.7. The van der Waals surface area contributed by atoms with Gasteiger partial charge >= 0.3 is 0 Å². The van der Waals surface area contributed by atoms with Crippen LogP contribution in [0.3, 0.4) is 0 Å². The van der Waals surface area contributed by atoms with E-state index in [1.165, 1.54) is 19.4 Å². The molecule has 8 nitrogen and oxygen atoms in total. The standard InChI is InChI=1S/C25H23FN6O2/c1-3-14-5-4-6-17(26)23(14)19-8-7-18(27)24(30-19)25(33)31-20-13-29-10-9-16(20)15-11-21(28)32-22(12-15)34-2/h4-13H,3,27H2,1-2H3,(H2,28,32)(H,31,33). The number of benzene rings is 1. The minimum Gasteiger partial charge on any atom is -0.481 e. The zero-order chi connectivity index (χ0) is 24.2. The average molecular weight is 458 g/mol. The molecule has 0 spiro atoms. The number of carbonyl (C=O) groups is 1. The topological polar surface area (TPSA) is 129 Å². The second-order valence-corrected chi connectivity index (χ2v) is 7.46. The summed E-state index contributed by atoms with van der Waals surface area (Å²) in [5, 5.41) is 2.81. The molecule has 1 amide bonds. The Labute approximate surface area is 195 Å². The van der Waals surface area contributed by atoms with E-state index >= 15 is 0 Å². The van der Waals surface area contributed by atoms with Crippen molar-refractivity contribution in [1.29, 1.82) is 0 Å². The van der Waals surface area contributed by atoms with Crippen LogP contribution >= 0.6 is 0 Å². The highest BCUT2D eigenvalue weighted by Crippen LogP contribution is 2.32. The van der Waals surface area contributed by atoms with Crippen LogP contribution < -0.4 is 21.5 Å². The number of rotatable bonds is 6. The number of aromatic nitrogens is 3. The predicted molar refractivity (Wildman–Crippen MR) is 130 cm³/mol. The Morgan fingerprint density at radius 3 is 2.71 bits per heavy atom. The van der Waals surface area contributed by atoms with Gasteiger partial charge in [0, 0.05) is 23.4 Å². The van der Waals surface area contributed by atoms with Crippen molar-refractivity contribution < 1.29 is 13.9 Å². The van der Waals surface area contributed by atoms with Crippen molar-refractivity contribution >= 4 is 23.1 Å². The number of halogens is 1. The number of nitrogens with two attached hydrogens (primary N) is 2. The number of pyridine rings is 3. The summed E-state index contributed by atoms with van der Waals surface area (Å²) in [6.45, 7) is 1.92. The molecule has 0 aliphatic carbocycles. The number of nitrogens with zero attached hydrogens (tertiary/aromatic N) is 3. The van der Waals surface area contributed by atoms with Crippen LogP contribution in [0.2, 0.25) is 0 Å². The lowest BCUT2D eigenvalue weighted by atomic mass is 10.0. The zero-order valence-corrected chi connectivity index (χ0v) is 18.7. The van der Waals surface area contributed by atoms with E-state index in [1.807, 2.05) is 13.0 Å². The van der Waals surface area contributed by atoms with Crippen LogP contribution in [0.15, 0.2) is 60.9 Å². The average Bonchev–Trinajstić information content (AvgIpc) is 2.84. The van der Waals surface area contributed by atoms with Crippen LogP contribution in [0.1, 0.15) is 23.0 Å². The number of hydrogen-bond acceptors (Lipinski definition) is 7. The van der Waals surface area contributed by atoms with Gasteiger partial charge in [-0.2, -0.15) is 4.98 Å². The molecule has 0 aliphatic rings. The highest BCUT2D eigenvalue weighted by molar-refractivity contribution is 6.08. The molecule has 0 bridgehead atoms. The molecule has 34 heavy (non-hydrogen) atoms. The number of anilines is 3. The molecule has 172 valence electrons. The Hall–Kier alpha value is -4.53. The van der Waals surface area contributed by atoms with E-state index in [2.05, 4.69) is 20.3 Å². The van der Waals surface area contributed by atoms with Crippen molar-refractivity contribution in [2.75, 3.05) is 23.9 Å². The molecular weight excluding hydrogens is 435 g/mol. The summed E-state index contributed by atoms with van der Waals surface area (Å²) in [7, 11) is 1.49. The maximum atomic E-state index is 14.6. The molecule has 0 fully saturated rings. The van der Waals surface area contributed by atoms with E-state index in [4.69, 9.17) is 16.2 Å². The number of carbonyl (C=O) groups excluding carboxylic acids is 1. The van der Waals surface area contributed by atoms with Gasteiger partial charge in [-0.1, -0.05) is 19.1 Å². The van der Waals surface area contributed by atoms with Crippen LogP contribution in [0.4, 0.5) is 21.6 Å². The highest BCUT2D eigenvalue weighted by Gasteiger charge is 2.19. The number of methoxy groups -OCH3 is 1. The summed E-state index contributed by atoms with van der Waals surface area (Å²) in [4.78, 5) is 25.8. The summed E-state index contributed by atoms with van der Waals surface area (Å²) in [6, 6.07) is 13.1. The van der Waals surface area contributed by atoms with E-state index in [0.717, 1.165) is 5.56 Å². The van der Waals surface area contributed by atoms with Crippen molar-refractivity contribution in [3.8, 4) is 28.3 Å². The minimum absolute atomic E-state index is 0.0237. The van der Waals surface area contributed by atoms with E-state index in [1.54, 1.807) is 42.6 Å². The lowest BCUT2D eigenvalue weighted by Crippen LogP contribution is -2.17. The smallest absolute Gasteiger partial charge is 0.276 e. The number of nitrogens with one attached hydrogen (secondary N) is 1. The van der Waals surface area contributed by atoms with Gasteiger partial charge in [-0.25, -0.2) is 9.37 Å². The number of amides is 1. The lowest BCUT2D eigenvalue weighted by molar-refractivity contribution is 0.102. The van der Waals surface area contributed by atoms with Gasteiger partial charge in [0.2, 0.25) is 5.88 Å². The van der Waals surface area contributed by atoms with Crippen molar-refractivity contribution in [3.05, 3.63) is 78.0 Å². The first-order valence-corrected chi connectivity index (χ1v) is 10.5. The maximum Gasteiger partial charge on any atom is 0.276 e. The van der Waals surface area contributed by atoms with Gasteiger partial charge in [-0.3, -0.25) is 9.78 Å². The molecule has 3 heterocycles. The fraction of sp³-hybridized carbons (Fsp3) is 0.120. The number of hydrogen-bond donors (Lipinski definition) is 3. The van der Waals surface area contributed by atoms with E-state index in [-0.39, 0.29) is 17.2 Å². The Balaban J connectivity index is 1.72. The summed E-state index contributed by atoms with van der Waals surface area (Å²) in [5.74, 6) is -0.378. The molecule has 4 aromatic rings. The molecule has 3 aromatic heterocycles. The Morgan fingerprint density at radius 1 is 1.12 bits per heavy atom. The molecule has 0 unspecified atom stereocenters. The van der Waals surface area contributed by atoms with Crippen LogP contribution in [0, 0.1) is 5.82 Å². The van der Waals surface area contributed by atoms with Crippen LogP contribution in [-0.4, -0.2) is 28.0 Å². The quantitative estimate of drug-likeness (QED) is 0.392. The third-order valence-electron chi connectivity index (χ3n) is 5.29. The third kappa shape index (κ3) is 4.49. The SMILES string of the molecule is CCc1cccc(F)c1-c1ccc(N)c(C(=O)Nc2cnccc2-c2cc(N)nc(OC)c2)n1. The molecule has 0 saturated heterocycles. The fourth-order valence-electron chi connectivity index (χ4n) is 3.65. The number of aryl methyl sites for hydroxylation is 1. The summed E-state index contributed by atoms with van der Waals surface area (Å²) in [6.07, 6.45) is 3.70. The van der Waals surface area contributed by atoms with E-state index < -0.39 is 11.7 Å². The van der Waals surface area contributed by atoms with Crippen molar-refractivity contribution in [2.24, 2.45) is 0 Å². The molecule has 0 atom stereocenters. The molecule has 9 heteroatoms. The highest BCUT2D eigenvalue weighted by atomic mass is 19.1. The summed E-state index contributed by atoms with van der Waals surface area (Å²) >= 11 is 0. The normalized spacial score (nSPS) is 10.7. The molecular formula is C25H23FN6O2. The van der Waals surface area contributed by atoms with Gasteiger partial charge in [0.1, 0.15) is 11.6 Å². The van der Waals surface area contributed by atoms with Gasteiger partial charge in [0.15, 0.2) is 5.69 Å². The third-order valence-corrected chi connectivity index (χ3v) is 5.29. The van der Waals surface area contributed by atoms with Crippen molar-refractivity contribution in [2.45, 2.75) is 13.3 Å². The maximum absolute atomic E-state index is 14.6. The fourth-order valence-corrected chi connectivity index (χ4v) is 3.65. The van der Waals surface area contributed by atoms with E-state index in [0.29, 0.717) is 40.4 Å². The van der Waals surface area contributed by atoms with Gasteiger partial charge < -0.3 is 21.5 Å². The largest absolute Gasteiger partial charge is 0.481 e. The Kier molecular flexibility index (Phi) is 6.35. The Morgan fingerprint density at radius 2 is 1.94 bits per heavy atom. The second-order valence-electron chi connectivity index (χ2n) is 7.46. The van der Waals surface area contributed by atoms with Crippen LogP contribution in [0.5, 0.6) is 5.88 Å². The minimum atomic E-state index is -0.558. The molecule has 0 radical (unpaired) electrons. The molecule has 0 saturated carbocycles. The second kappa shape index (κ2) is 9.53. The van der Waals surface area contributed by atoms with Crippen LogP contribution in [-0.2, 0) is 6.42 Å². The van der Waals surface area contributed by atoms with Crippen molar-refractivity contribution in [1.82, 2.24) is 15.0 Å². The first-order valence-electron chi connectivity index (χ1n) is 10.5. The molecule has 5 N–H and O–H groups in total. The first-order chi connectivity index (χ1) is 16.4.